The van der Waals surface area contributed by atoms with Gasteiger partial charge in [-0.15, -0.1) is 0 Å². The summed E-state index contributed by atoms with van der Waals surface area (Å²) in [5.74, 6) is -0.607. The van der Waals surface area contributed by atoms with Gasteiger partial charge in [0.25, 0.3) is 0 Å². The van der Waals surface area contributed by atoms with E-state index in [2.05, 4.69) is 4.74 Å². The zero-order chi connectivity index (χ0) is 12.0. The highest BCUT2D eigenvalue weighted by Crippen LogP contribution is 2.10. The van der Waals surface area contributed by atoms with Crippen molar-refractivity contribution in [2.75, 3.05) is 7.11 Å². The van der Waals surface area contributed by atoms with Crippen molar-refractivity contribution in [1.29, 1.82) is 5.26 Å². The number of benzene rings is 1. The van der Waals surface area contributed by atoms with E-state index < -0.39 is 5.97 Å². The smallest absolute Gasteiger partial charge is 0.348 e. The molecule has 3 heteroatoms. The van der Waals surface area contributed by atoms with Gasteiger partial charge in [0.1, 0.15) is 11.6 Å². The summed E-state index contributed by atoms with van der Waals surface area (Å²) in [6.07, 6.45) is 2.45. The minimum absolute atomic E-state index is 0.00996. The molecule has 3 nitrogen and oxygen atoms in total. The lowest BCUT2D eigenvalue weighted by Crippen LogP contribution is -2.02. The Balaban J connectivity index is 3.05. The van der Waals surface area contributed by atoms with Crippen LogP contribution >= 0.6 is 0 Å². The van der Waals surface area contributed by atoms with E-state index in [4.69, 9.17) is 5.26 Å². The Morgan fingerprint density at radius 3 is 2.88 bits per heavy atom. The van der Waals surface area contributed by atoms with Gasteiger partial charge in [0.15, 0.2) is 0 Å². The average molecular weight is 215 g/mol. The van der Waals surface area contributed by atoms with Gasteiger partial charge >= 0.3 is 5.97 Å². The molecule has 16 heavy (non-hydrogen) atoms. The standard InChI is InChI=1S/C13H13NO2/c1-3-10-5-4-6-11(7-10)8-12(9-14)13(15)16-2/h4-8H,3H2,1-2H3/b12-8+. The number of hydrogen-bond acceptors (Lipinski definition) is 3. The SMILES string of the molecule is CCc1cccc(/C=C(\C#N)C(=O)OC)c1. The Kier molecular flexibility index (Phi) is 4.28. The fraction of sp³-hybridized carbons (Fsp3) is 0.231. The van der Waals surface area contributed by atoms with Crippen molar-refractivity contribution in [3.63, 3.8) is 0 Å². The van der Waals surface area contributed by atoms with Crippen LogP contribution in [0.15, 0.2) is 29.8 Å². The van der Waals surface area contributed by atoms with Crippen LogP contribution in [0.5, 0.6) is 0 Å². The van der Waals surface area contributed by atoms with E-state index in [1.54, 1.807) is 0 Å². The molecule has 0 saturated carbocycles. The second-order valence-corrected chi connectivity index (χ2v) is 3.26. The lowest BCUT2D eigenvalue weighted by Gasteiger charge is -2.00. The monoisotopic (exact) mass is 215 g/mol. The van der Waals surface area contributed by atoms with Crippen LogP contribution in [0.1, 0.15) is 18.1 Å². The summed E-state index contributed by atoms with van der Waals surface area (Å²) in [4.78, 5) is 11.2. The molecule has 1 rings (SSSR count). The summed E-state index contributed by atoms with van der Waals surface area (Å²) >= 11 is 0. The fourth-order valence-corrected chi connectivity index (χ4v) is 1.32. The van der Waals surface area contributed by atoms with Crippen LogP contribution < -0.4 is 0 Å². The molecule has 82 valence electrons. The Bertz CT molecular complexity index is 455. The number of nitrogens with zero attached hydrogens (tertiary/aromatic N) is 1. The maximum atomic E-state index is 11.2. The lowest BCUT2D eigenvalue weighted by molar-refractivity contribution is -0.135. The molecule has 0 amide bonds. The number of nitriles is 1. The van der Waals surface area contributed by atoms with Gasteiger partial charge in [-0.2, -0.15) is 5.26 Å². The van der Waals surface area contributed by atoms with E-state index in [-0.39, 0.29) is 5.57 Å². The van der Waals surface area contributed by atoms with Crippen molar-refractivity contribution < 1.29 is 9.53 Å². The van der Waals surface area contributed by atoms with Crippen LogP contribution in [0.25, 0.3) is 6.08 Å². The zero-order valence-electron chi connectivity index (χ0n) is 9.36. The molecular weight excluding hydrogens is 202 g/mol. The van der Waals surface area contributed by atoms with Crippen molar-refractivity contribution in [3.8, 4) is 6.07 Å². The quantitative estimate of drug-likeness (QED) is 0.441. The molecular formula is C13H13NO2. The summed E-state index contributed by atoms with van der Waals surface area (Å²) in [6, 6.07) is 9.52. The predicted octanol–water partition coefficient (Wildman–Crippen LogP) is 2.33. The Morgan fingerprint density at radius 1 is 1.56 bits per heavy atom. The van der Waals surface area contributed by atoms with E-state index in [9.17, 15) is 4.79 Å². The second-order valence-electron chi connectivity index (χ2n) is 3.26. The van der Waals surface area contributed by atoms with Gasteiger partial charge in [-0.3, -0.25) is 0 Å². The third-order valence-corrected chi connectivity index (χ3v) is 2.20. The Labute approximate surface area is 95.0 Å². The molecule has 0 saturated heterocycles. The lowest BCUT2D eigenvalue weighted by atomic mass is 10.1. The molecule has 0 radical (unpaired) electrons. The van der Waals surface area contributed by atoms with Gasteiger partial charge in [-0.1, -0.05) is 31.2 Å². The molecule has 0 bridgehead atoms. The van der Waals surface area contributed by atoms with E-state index in [1.807, 2.05) is 37.3 Å². The molecule has 1 aromatic carbocycles. The topological polar surface area (TPSA) is 50.1 Å². The third kappa shape index (κ3) is 2.96. The maximum absolute atomic E-state index is 11.2. The second kappa shape index (κ2) is 5.72. The van der Waals surface area contributed by atoms with Crippen molar-refractivity contribution in [3.05, 3.63) is 41.0 Å². The molecule has 0 aliphatic rings. The van der Waals surface area contributed by atoms with Crippen molar-refractivity contribution >= 4 is 12.0 Å². The van der Waals surface area contributed by atoms with E-state index in [1.165, 1.54) is 13.2 Å². The molecule has 0 aliphatic heterocycles. The third-order valence-electron chi connectivity index (χ3n) is 2.20. The molecule has 0 heterocycles. The molecule has 0 N–H and O–H groups in total. The molecule has 1 aromatic rings. The molecule has 0 aliphatic carbocycles. The van der Waals surface area contributed by atoms with Crippen LogP contribution in [0.3, 0.4) is 0 Å². The molecule has 0 atom stereocenters. The number of ether oxygens (including phenoxy) is 1. The molecule has 0 aromatic heterocycles. The number of aryl methyl sites for hydroxylation is 1. The largest absolute Gasteiger partial charge is 0.465 e. The van der Waals surface area contributed by atoms with Crippen molar-refractivity contribution in [1.82, 2.24) is 0 Å². The summed E-state index contributed by atoms with van der Waals surface area (Å²) in [6.45, 7) is 2.05. The fourth-order valence-electron chi connectivity index (χ4n) is 1.32. The van der Waals surface area contributed by atoms with Crippen LogP contribution in [-0.2, 0) is 16.0 Å². The van der Waals surface area contributed by atoms with Crippen LogP contribution in [-0.4, -0.2) is 13.1 Å². The molecule has 0 fully saturated rings. The minimum Gasteiger partial charge on any atom is -0.465 e. The number of hydrogen-bond donors (Lipinski definition) is 0. The first-order valence-electron chi connectivity index (χ1n) is 5.00. The van der Waals surface area contributed by atoms with Gasteiger partial charge in [0.05, 0.1) is 7.11 Å². The van der Waals surface area contributed by atoms with Gasteiger partial charge in [-0.25, -0.2) is 4.79 Å². The van der Waals surface area contributed by atoms with Crippen molar-refractivity contribution in [2.45, 2.75) is 13.3 Å². The number of carbonyl (C=O) groups excluding carboxylic acids is 1. The summed E-state index contributed by atoms with van der Waals surface area (Å²) in [7, 11) is 1.26. The highest BCUT2D eigenvalue weighted by atomic mass is 16.5. The first kappa shape index (κ1) is 12.0. The van der Waals surface area contributed by atoms with Crippen molar-refractivity contribution in [2.24, 2.45) is 0 Å². The number of esters is 1. The zero-order valence-corrected chi connectivity index (χ0v) is 9.36. The predicted molar refractivity (Wildman–Crippen MR) is 61.4 cm³/mol. The van der Waals surface area contributed by atoms with Gasteiger partial charge in [0.2, 0.25) is 0 Å². The first-order chi connectivity index (χ1) is 7.71. The average Bonchev–Trinajstić information content (AvgIpc) is 2.35. The van der Waals surface area contributed by atoms with Crippen LogP contribution in [0.2, 0.25) is 0 Å². The first-order valence-corrected chi connectivity index (χ1v) is 5.00. The van der Waals surface area contributed by atoms with Gasteiger partial charge in [0, 0.05) is 0 Å². The highest BCUT2D eigenvalue weighted by Gasteiger charge is 2.08. The summed E-state index contributed by atoms with van der Waals surface area (Å²) < 4.78 is 4.50. The van der Waals surface area contributed by atoms with E-state index in [0.717, 1.165) is 17.5 Å². The van der Waals surface area contributed by atoms with Gasteiger partial charge < -0.3 is 4.74 Å². The van der Waals surface area contributed by atoms with E-state index in [0.29, 0.717) is 0 Å². The maximum Gasteiger partial charge on any atom is 0.348 e. The van der Waals surface area contributed by atoms with Crippen LogP contribution in [0.4, 0.5) is 0 Å². The highest BCUT2D eigenvalue weighted by molar-refractivity contribution is 5.97. The number of rotatable bonds is 3. The normalized spacial score (nSPS) is 10.7. The van der Waals surface area contributed by atoms with E-state index >= 15 is 0 Å². The molecule has 0 unspecified atom stereocenters. The number of methoxy groups -OCH3 is 1. The summed E-state index contributed by atoms with van der Waals surface area (Å²) in [5, 5.41) is 8.80. The Morgan fingerprint density at radius 2 is 2.31 bits per heavy atom. The van der Waals surface area contributed by atoms with Gasteiger partial charge in [-0.05, 0) is 23.6 Å². The summed E-state index contributed by atoms with van der Waals surface area (Å²) in [5.41, 5.74) is 2.01. The Hall–Kier alpha value is -2.08. The minimum atomic E-state index is -0.607. The van der Waals surface area contributed by atoms with Crippen LogP contribution in [0, 0.1) is 11.3 Å². The molecule has 0 spiro atoms. The number of carbonyl (C=O) groups is 1.